The van der Waals surface area contributed by atoms with Gasteiger partial charge >= 0.3 is 0 Å². The van der Waals surface area contributed by atoms with Crippen LogP contribution in [0, 0.1) is 6.92 Å². The highest BCUT2D eigenvalue weighted by molar-refractivity contribution is 6.30. The number of rotatable bonds is 6. The Morgan fingerprint density at radius 3 is 2.76 bits per heavy atom. The fourth-order valence-corrected chi connectivity index (χ4v) is 2.32. The molecule has 112 valence electrons. The summed E-state index contributed by atoms with van der Waals surface area (Å²) >= 11 is 6.03. The standard InChI is InChI=1S/C17H21ClN2O/c1-4-5-15-8-13(11-19-3)9-17(20-15)21-16-10-14(18)7-6-12(16)2/h6-10,19H,4-5,11H2,1-3H3. The summed E-state index contributed by atoms with van der Waals surface area (Å²) in [5, 5.41) is 3.82. The van der Waals surface area contributed by atoms with Gasteiger partial charge in [-0.1, -0.05) is 31.0 Å². The predicted octanol–water partition coefficient (Wildman–Crippen LogP) is 4.51. The summed E-state index contributed by atoms with van der Waals surface area (Å²) in [7, 11) is 1.93. The van der Waals surface area contributed by atoms with Crippen LogP contribution in [0.2, 0.25) is 5.02 Å². The van der Waals surface area contributed by atoms with Crippen molar-refractivity contribution in [1.29, 1.82) is 0 Å². The van der Waals surface area contributed by atoms with Crippen LogP contribution in [0.15, 0.2) is 30.3 Å². The number of pyridine rings is 1. The number of aryl methyl sites for hydroxylation is 2. The summed E-state index contributed by atoms with van der Waals surface area (Å²) in [6.45, 7) is 4.94. The normalized spacial score (nSPS) is 10.7. The smallest absolute Gasteiger partial charge is 0.219 e. The molecule has 0 aliphatic heterocycles. The minimum atomic E-state index is 0.622. The lowest BCUT2D eigenvalue weighted by molar-refractivity contribution is 0.456. The third kappa shape index (κ3) is 4.45. The first-order valence-electron chi connectivity index (χ1n) is 7.20. The SMILES string of the molecule is CCCc1cc(CNC)cc(Oc2cc(Cl)ccc2C)n1. The van der Waals surface area contributed by atoms with Crippen molar-refractivity contribution in [2.75, 3.05) is 7.05 Å². The number of benzene rings is 1. The molecule has 1 aromatic carbocycles. The maximum atomic E-state index is 6.03. The van der Waals surface area contributed by atoms with E-state index in [2.05, 4.69) is 23.3 Å². The number of ether oxygens (including phenoxy) is 1. The van der Waals surface area contributed by atoms with Gasteiger partial charge in [-0.2, -0.15) is 0 Å². The maximum absolute atomic E-state index is 6.03. The lowest BCUT2D eigenvalue weighted by Gasteiger charge is -2.11. The van der Waals surface area contributed by atoms with Crippen LogP contribution in [0.1, 0.15) is 30.2 Å². The molecule has 0 amide bonds. The number of hydrogen-bond acceptors (Lipinski definition) is 3. The molecule has 0 aliphatic carbocycles. The van der Waals surface area contributed by atoms with E-state index in [1.54, 1.807) is 0 Å². The average Bonchev–Trinajstić information content (AvgIpc) is 2.43. The van der Waals surface area contributed by atoms with Gasteiger partial charge in [-0.3, -0.25) is 0 Å². The highest BCUT2D eigenvalue weighted by Crippen LogP contribution is 2.27. The van der Waals surface area contributed by atoms with Gasteiger partial charge < -0.3 is 10.1 Å². The Bertz CT molecular complexity index is 589. The summed E-state index contributed by atoms with van der Waals surface area (Å²) in [4.78, 5) is 4.58. The van der Waals surface area contributed by atoms with Crippen molar-refractivity contribution in [1.82, 2.24) is 10.3 Å². The van der Waals surface area contributed by atoms with Gasteiger partial charge in [0.05, 0.1) is 0 Å². The second-order valence-corrected chi connectivity index (χ2v) is 5.53. The summed E-state index contributed by atoms with van der Waals surface area (Å²) in [5.41, 5.74) is 3.27. The van der Waals surface area contributed by atoms with E-state index in [1.807, 2.05) is 38.2 Å². The Labute approximate surface area is 131 Å². The van der Waals surface area contributed by atoms with Gasteiger partial charge in [0.15, 0.2) is 0 Å². The van der Waals surface area contributed by atoms with Crippen molar-refractivity contribution in [2.45, 2.75) is 33.2 Å². The first-order valence-corrected chi connectivity index (χ1v) is 7.58. The van der Waals surface area contributed by atoms with Gasteiger partial charge in [-0.25, -0.2) is 4.98 Å². The second-order valence-electron chi connectivity index (χ2n) is 5.10. The molecule has 0 saturated carbocycles. The predicted molar refractivity (Wildman–Crippen MR) is 87.3 cm³/mol. The molecule has 0 spiro atoms. The van der Waals surface area contributed by atoms with Crippen molar-refractivity contribution in [3.05, 3.63) is 52.2 Å². The van der Waals surface area contributed by atoms with Crippen LogP contribution < -0.4 is 10.1 Å². The van der Waals surface area contributed by atoms with E-state index in [0.29, 0.717) is 10.9 Å². The fraction of sp³-hybridized carbons (Fsp3) is 0.353. The minimum absolute atomic E-state index is 0.622. The molecule has 2 rings (SSSR count). The molecule has 1 heterocycles. The van der Waals surface area contributed by atoms with Crippen LogP contribution >= 0.6 is 11.6 Å². The second kappa shape index (κ2) is 7.43. The van der Waals surface area contributed by atoms with Crippen molar-refractivity contribution in [2.24, 2.45) is 0 Å². The fourth-order valence-electron chi connectivity index (χ4n) is 2.16. The number of halogens is 1. The Morgan fingerprint density at radius 2 is 2.05 bits per heavy atom. The first kappa shape index (κ1) is 15.8. The van der Waals surface area contributed by atoms with E-state index in [0.717, 1.165) is 36.4 Å². The average molecular weight is 305 g/mol. The van der Waals surface area contributed by atoms with Crippen LogP contribution in [-0.4, -0.2) is 12.0 Å². The van der Waals surface area contributed by atoms with E-state index < -0.39 is 0 Å². The number of nitrogens with zero attached hydrogens (tertiary/aromatic N) is 1. The highest BCUT2D eigenvalue weighted by Gasteiger charge is 2.07. The summed E-state index contributed by atoms with van der Waals surface area (Å²) in [5.74, 6) is 1.37. The van der Waals surface area contributed by atoms with Gasteiger partial charge in [0, 0.05) is 23.3 Å². The van der Waals surface area contributed by atoms with E-state index in [9.17, 15) is 0 Å². The summed E-state index contributed by atoms with van der Waals surface area (Å²) in [6, 6.07) is 9.72. The van der Waals surface area contributed by atoms with E-state index in [1.165, 1.54) is 5.56 Å². The van der Waals surface area contributed by atoms with Crippen LogP contribution in [0.25, 0.3) is 0 Å². The number of nitrogens with one attached hydrogen (secondary N) is 1. The zero-order valence-corrected chi connectivity index (χ0v) is 13.5. The minimum Gasteiger partial charge on any atom is -0.439 e. The third-order valence-corrected chi connectivity index (χ3v) is 3.40. The lowest BCUT2D eigenvalue weighted by Crippen LogP contribution is -2.07. The largest absolute Gasteiger partial charge is 0.439 e. The van der Waals surface area contributed by atoms with E-state index in [4.69, 9.17) is 16.3 Å². The maximum Gasteiger partial charge on any atom is 0.219 e. The molecule has 0 bridgehead atoms. The van der Waals surface area contributed by atoms with Crippen molar-refractivity contribution >= 4 is 11.6 Å². The molecule has 0 aliphatic rings. The molecule has 1 N–H and O–H groups in total. The van der Waals surface area contributed by atoms with Crippen LogP contribution in [0.5, 0.6) is 11.6 Å². The zero-order chi connectivity index (χ0) is 15.2. The highest BCUT2D eigenvalue weighted by atomic mass is 35.5. The molecule has 21 heavy (non-hydrogen) atoms. The van der Waals surface area contributed by atoms with Crippen LogP contribution in [0.3, 0.4) is 0 Å². The Hall–Kier alpha value is -1.58. The van der Waals surface area contributed by atoms with Gasteiger partial charge in [-0.05, 0) is 49.7 Å². The van der Waals surface area contributed by atoms with Crippen LogP contribution in [0.4, 0.5) is 0 Å². The molecule has 0 fully saturated rings. The van der Waals surface area contributed by atoms with E-state index in [-0.39, 0.29) is 0 Å². The molecule has 3 nitrogen and oxygen atoms in total. The molecule has 0 saturated heterocycles. The Kier molecular flexibility index (Phi) is 5.59. The monoisotopic (exact) mass is 304 g/mol. The molecule has 1 aromatic heterocycles. The van der Waals surface area contributed by atoms with Gasteiger partial charge in [0.2, 0.25) is 5.88 Å². The lowest BCUT2D eigenvalue weighted by atomic mass is 10.1. The van der Waals surface area contributed by atoms with Gasteiger partial charge in [-0.15, -0.1) is 0 Å². The molecule has 2 aromatic rings. The van der Waals surface area contributed by atoms with Gasteiger partial charge in [0.25, 0.3) is 0 Å². The van der Waals surface area contributed by atoms with Gasteiger partial charge in [0.1, 0.15) is 5.75 Å². The summed E-state index contributed by atoms with van der Waals surface area (Å²) < 4.78 is 5.94. The molecular formula is C17H21ClN2O. The summed E-state index contributed by atoms with van der Waals surface area (Å²) in [6.07, 6.45) is 2.01. The molecule has 4 heteroatoms. The number of hydrogen-bond donors (Lipinski definition) is 1. The molecule has 0 radical (unpaired) electrons. The first-order chi connectivity index (χ1) is 10.1. The van der Waals surface area contributed by atoms with E-state index >= 15 is 0 Å². The Balaban J connectivity index is 2.31. The van der Waals surface area contributed by atoms with Crippen molar-refractivity contribution in [3.8, 4) is 11.6 Å². The Morgan fingerprint density at radius 1 is 1.24 bits per heavy atom. The zero-order valence-electron chi connectivity index (χ0n) is 12.7. The quantitative estimate of drug-likeness (QED) is 0.852. The molecule has 0 unspecified atom stereocenters. The number of aromatic nitrogens is 1. The molecule has 0 atom stereocenters. The third-order valence-electron chi connectivity index (χ3n) is 3.17. The van der Waals surface area contributed by atoms with Crippen molar-refractivity contribution in [3.63, 3.8) is 0 Å². The molecular weight excluding hydrogens is 284 g/mol. The van der Waals surface area contributed by atoms with Crippen LogP contribution in [-0.2, 0) is 13.0 Å². The van der Waals surface area contributed by atoms with Crippen molar-refractivity contribution < 1.29 is 4.74 Å². The topological polar surface area (TPSA) is 34.1 Å².